The Labute approximate surface area is 148 Å². The van der Waals surface area contributed by atoms with Crippen molar-refractivity contribution in [2.45, 2.75) is 13.3 Å². The highest BCUT2D eigenvalue weighted by molar-refractivity contribution is 7.13. The number of furan rings is 1. The lowest BCUT2D eigenvalue weighted by Gasteiger charge is -2.04. The Morgan fingerprint density at radius 2 is 2.16 bits per heavy atom. The normalized spacial score (nSPS) is 11.1. The van der Waals surface area contributed by atoms with Crippen molar-refractivity contribution in [3.8, 4) is 10.6 Å². The van der Waals surface area contributed by atoms with Crippen LogP contribution >= 0.6 is 11.3 Å². The van der Waals surface area contributed by atoms with Gasteiger partial charge in [0.25, 0.3) is 5.91 Å². The van der Waals surface area contributed by atoms with E-state index < -0.39 is 0 Å². The van der Waals surface area contributed by atoms with Gasteiger partial charge in [-0.15, -0.1) is 11.3 Å². The minimum atomic E-state index is -0.189. The largest absolute Gasteiger partial charge is 0.451 e. The fraction of sp³-hybridized carbons (Fsp3) is 0.158. The number of hydrogen-bond donors (Lipinski definition) is 2. The fourth-order valence-corrected chi connectivity index (χ4v) is 3.66. The molecule has 3 aromatic heterocycles. The molecule has 0 fully saturated rings. The molecule has 6 heteroatoms. The number of aromatic amines is 1. The van der Waals surface area contributed by atoms with Crippen LogP contribution in [0.4, 0.5) is 0 Å². The Balaban J connectivity index is 1.44. The Morgan fingerprint density at radius 3 is 2.96 bits per heavy atom. The number of hydrogen-bond acceptors (Lipinski definition) is 4. The lowest BCUT2D eigenvalue weighted by atomic mass is 10.1. The molecular formula is C19H17N3O2S. The van der Waals surface area contributed by atoms with Gasteiger partial charge in [0.15, 0.2) is 5.76 Å². The lowest BCUT2D eigenvalue weighted by molar-refractivity contribution is 0.0927. The van der Waals surface area contributed by atoms with E-state index in [-0.39, 0.29) is 5.91 Å². The maximum absolute atomic E-state index is 12.4. The summed E-state index contributed by atoms with van der Waals surface area (Å²) in [6, 6.07) is 11.7. The summed E-state index contributed by atoms with van der Waals surface area (Å²) in [6.45, 7) is 2.42. The average Bonchev–Trinajstić information content (AvgIpc) is 3.35. The van der Waals surface area contributed by atoms with Crippen LogP contribution < -0.4 is 5.32 Å². The van der Waals surface area contributed by atoms with Gasteiger partial charge in [-0.25, -0.2) is 4.98 Å². The molecule has 0 unspecified atom stereocenters. The van der Waals surface area contributed by atoms with Crippen molar-refractivity contribution in [1.82, 2.24) is 15.3 Å². The average molecular weight is 351 g/mol. The number of amides is 1. The van der Waals surface area contributed by atoms with Gasteiger partial charge in [-0.2, -0.15) is 0 Å². The number of carbonyl (C=O) groups excluding carboxylic acids is 1. The molecule has 0 saturated carbocycles. The zero-order chi connectivity index (χ0) is 17.2. The molecule has 1 amide bonds. The third-order valence-corrected chi connectivity index (χ3v) is 5.06. The highest BCUT2D eigenvalue weighted by Crippen LogP contribution is 2.26. The first kappa shape index (κ1) is 15.7. The SMILES string of the molecule is Cc1c(C(=O)NCCc2[nH]cnc2-c2cccs2)oc2ccccc12. The van der Waals surface area contributed by atoms with Gasteiger partial charge in [-0.05, 0) is 24.4 Å². The topological polar surface area (TPSA) is 70.9 Å². The molecule has 3 heterocycles. The van der Waals surface area contributed by atoms with Gasteiger partial charge in [-0.1, -0.05) is 24.3 Å². The summed E-state index contributed by atoms with van der Waals surface area (Å²) in [4.78, 5) is 21.1. The van der Waals surface area contributed by atoms with Crippen LogP contribution in [0.1, 0.15) is 21.8 Å². The minimum absolute atomic E-state index is 0.189. The van der Waals surface area contributed by atoms with E-state index in [0.717, 1.165) is 32.8 Å². The van der Waals surface area contributed by atoms with E-state index in [4.69, 9.17) is 4.42 Å². The lowest BCUT2D eigenvalue weighted by Crippen LogP contribution is -2.26. The van der Waals surface area contributed by atoms with E-state index in [1.54, 1.807) is 17.7 Å². The van der Waals surface area contributed by atoms with Crippen molar-refractivity contribution in [2.75, 3.05) is 6.54 Å². The predicted octanol–water partition coefficient (Wildman–Crippen LogP) is 4.17. The summed E-state index contributed by atoms with van der Waals surface area (Å²) >= 11 is 1.65. The van der Waals surface area contributed by atoms with Crippen molar-refractivity contribution < 1.29 is 9.21 Å². The van der Waals surface area contributed by atoms with E-state index in [1.807, 2.05) is 48.7 Å². The molecule has 0 radical (unpaired) electrons. The summed E-state index contributed by atoms with van der Waals surface area (Å²) < 4.78 is 5.70. The zero-order valence-electron chi connectivity index (χ0n) is 13.7. The van der Waals surface area contributed by atoms with E-state index in [2.05, 4.69) is 15.3 Å². The molecule has 25 heavy (non-hydrogen) atoms. The Kier molecular flexibility index (Phi) is 4.11. The summed E-state index contributed by atoms with van der Waals surface area (Å²) in [6.07, 6.45) is 2.37. The van der Waals surface area contributed by atoms with Crippen molar-refractivity contribution in [2.24, 2.45) is 0 Å². The van der Waals surface area contributed by atoms with Gasteiger partial charge in [0.2, 0.25) is 0 Å². The summed E-state index contributed by atoms with van der Waals surface area (Å²) in [5.41, 5.74) is 3.57. The molecule has 0 spiro atoms. The molecular weight excluding hydrogens is 334 g/mol. The third kappa shape index (κ3) is 2.96. The van der Waals surface area contributed by atoms with Crippen molar-refractivity contribution in [3.63, 3.8) is 0 Å². The van der Waals surface area contributed by atoms with E-state index in [1.165, 1.54) is 0 Å². The van der Waals surface area contributed by atoms with Gasteiger partial charge in [0.05, 0.1) is 11.2 Å². The van der Waals surface area contributed by atoms with Gasteiger partial charge in [0, 0.05) is 29.6 Å². The first-order valence-electron chi connectivity index (χ1n) is 8.06. The van der Waals surface area contributed by atoms with Crippen LogP contribution in [0.15, 0.2) is 52.5 Å². The van der Waals surface area contributed by atoms with Crippen LogP contribution in [-0.2, 0) is 6.42 Å². The number of thiophene rings is 1. The molecule has 126 valence electrons. The smallest absolute Gasteiger partial charge is 0.287 e. The molecule has 4 rings (SSSR count). The molecule has 0 aliphatic rings. The van der Waals surface area contributed by atoms with Crippen LogP contribution in [0.2, 0.25) is 0 Å². The highest BCUT2D eigenvalue weighted by atomic mass is 32.1. The number of imidazole rings is 1. The number of fused-ring (bicyclic) bond motifs is 1. The van der Waals surface area contributed by atoms with Gasteiger partial charge < -0.3 is 14.7 Å². The van der Waals surface area contributed by atoms with E-state index in [0.29, 0.717) is 18.7 Å². The molecule has 0 aliphatic heterocycles. The van der Waals surface area contributed by atoms with E-state index in [9.17, 15) is 4.79 Å². The number of aromatic nitrogens is 2. The Hall–Kier alpha value is -2.86. The van der Waals surface area contributed by atoms with Crippen LogP contribution in [0, 0.1) is 6.92 Å². The summed E-state index contributed by atoms with van der Waals surface area (Å²) in [5.74, 6) is 0.190. The number of nitrogens with one attached hydrogen (secondary N) is 2. The molecule has 2 N–H and O–H groups in total. The third-order valence-electron chi connectivity index (χ3n) is 4.18. The predicted molar refractivity (Wildman–Crippen MR) is 98.9 cm³/mol. The highest BCUT2D eigenvalue weighted by Gasteiger charge is 2.17. The monoisotopic (exact) mass is 351 g/mol. The molecule has 5 nitrogen and oxygen atoms in total. The summed E-state index contributed by atoms with van der Waals surface area (Å²) in [5, 5.41) is 5.94. The number of nitrogens with zero attached hydrogens (tertiary/aromatic N) is 1. The second kappa shape index (κ2) is 6.57. The number of rotatable bonds is 5. The van der Waals surface area contributed by atoms with Crippen LogP contribution in [0.25, 0.3) is 21.5 Å². The number of para-hydroxylation sites is 1. The van der Waals surface area contributed by atoms with Gasteiger partial charge >= 0.3 is 0 Å². The van der Waals surface area contributed by atoms with Crippen molar-refractivity contribution in [1.29, 1.82) is 0 Å². The molecule has 0 atom stereocenters. The fourth-order valence-electron chi connectivity index (χ4n) is 2.91. The van der Waals surface area contributed by atoms with Crippen LogP contribution in [-0.4, -0.2) is 22.4 Å². The van der Waals surface area contributed by atoms with E-state index >= 15 is 0 Å². The maximum Gasteiger partial charge on any atom is 0.287 e. The molecule has 0 saturated heterocycles. The zero-order valence-corrected chi connectivity index (χ0v) is 14.5. The van der Waals surface area contributed by atoms with Gasteiger partial charge in [0.1, 0.15) is 11.3 Å². The minimum Gasteiger partial charge on any atom is -0.451 e. The van der Waals surface area contributed by atoms with Gasteiger partial charge in [-0.3, -0.25) is 4.79 Å². The second-order valence-electron chi connectivity index (χ2n) is 5.77. The molecule has 1 aromatic carbocycles. The van der Waals surface area contributed by atoms with Crippen LogP contribution in [0.3, 0.4) is 0 Å². The van der Waals surface area contributed by atoms with Crippen molar-refractivity contribution >= 4 is 28.2 Å². The molecule has 0 bridgehead atoms. The Morgan fingerprint density at radius 1 is 1.28 bits per heavy atom. The quantitative estimate of drug-likeness (QED) is 0.567. The standard InChI is InChI=1S/C19H17N3O2S/c1-12-13-5-2-3-6-15(13)24-18(12)19(23)20-9-8-14-17(22-11-21-14)16-7-4-10-25-16/h2-7,10-11H,8-9H2,1H3,(H,20,23)(H,21,22). The molecule has 0 aliphatic carbocycles. The first-order chi connectivity index (χ1) is 12.2. The molecule has 4 aromatic rings. The number of aryl methyl sites for hydroxylation is 1. The van der Waals surface area contributed by atoms with Crippen molar-refractivity contribution in [3.05, 3.63) is 65.1 Å². The number of benzene rings is 1. The maximum atomic E-state index is 12.4. The Bertz CT molecular complexity index is 1010. The summed E-state index contributed by atoms with van der Waals surface area (Å²) in [7, 11) is 0. The number of carbonyl (C=O) groups is 1. The first-order valence-corrected chi connectivity index (χ1v) is 8.94. The number of H-pyrrole nitrogens is 1. The van der Waals surface area contributed by atoms with Crippen LogP contribution in [0.5, 0.6) is 0 Å². The second-order valence-corrected chi connectivity index (χ2v) is 6.71.